The van der Waals surface area contributed by atoms with E-state index in [1.165, 1.54) is 12.1 Å². The minimum Gasteiger partial charge on any atom is -0.496 e. The highest BCUT2D eigenvalue weighted by molar-refractivity contribution is 7.92. The molecule has 0 aliphatic rings. The maximum absolute atomic E-state index is 13.0. The predicted molar refractivity (Wildman–Crippen MR) is 136 cm³/mol. The third-order valence-corrected chi connectivity index (χ3v) is 7.22. The van der Waals surface area contributed by atoms with Gasteiger partial charge in [-0.25, -0.2) is 8.42 Å². The molecule has 3 aromatic rings. The average molecular weight is 481 g/mol. The highest BCUT2D eigenvalue weighted by atomic mass is 32.2. The number of benzene rings is 3. The molecule has 0 bridgehead atoms. The zero-order chi connectivity index (χ0) is 25.0. The fourth-order valence-corrected chi connectivity index (χ4v) is 5.04. The van der Waals surface area contributed by atoms with Gasteiger partial charge in [0.25, 0.3) is 15.9 Å². The first-order valence-corrected chi connectivity index (χ1v) is 12.7. The molecular formula is C27H32N2O4S. The van der Waals surface area contributed by atoms with E-state index in [0.29, 0.717) is 16.8 Å². The van der Waals surface area contributed by atoms with Crippen molar-refractivity contribution in [3.63, 3.8) is 0 Å². The van der Waals surface area contributed by atoms with Crippen LogP contribution in [0.3, 0.4) is 0 Å². The molecule has 1 amide bonds. The molecule has 0 saturated carbocycles. The zero-order valence-corrected chi connectivity index (χ0v) is 21.3. The number of methoxy groups -OCH3 is 1. The second-order valence-corrected chi connectivity index (χ2v) is 10.4. The monoisotopic (exact) mass is 480 g/mol. The molecule has 6 nitrogen and oxygen atoms in total. The van der Waals surface area contributed by atoms with E-state index < -0.39 is 10.0 Å². The van der Waals surface area contributed by atoms with Crippen molar-refractivity contribution < 1.29 is 17.9 Å². The highest BCUT2D eigenvalue weighted by Gasteiger charge is 2.19. The molecule has 3 rings (SSSR count). The standard InChI is InChI=1S/C27H32N2O4S/c1-17(2)23-16-24(18(3)15-26(23)33-6)20(5)28-27(30)21-12-13-25(19(4)14-21)29-34(31,32)22-10-8-7-9-11-22/h7-17,20,29H,1-6H3,(H,28,30). The van der Waals surface area contributed by atoms with E-state index >= 15 is 0 Å². The second-order valence-electron chi connectivity index (χ2n) is 8.75. The number of anilines is 1. The molecule has 0 aromatic heterocycles. The Morgan fingerprint density at radius 2 is 1.56 bits per heavy atom. The molecule has 2 N–H and O–H groups in total. The molecule has 7 heteroatoms. The summed E-state index contributed by atoms with van der Waals surface area (Å²) >= 11 is 0. The van der Waals surface area contributed by atoms with E-state index in [-0.39, 0.29) is 22.8 Å². The molecular weight excluding hydrogens is 448 g/mol. The molecule has 0 heterocycles. The van der Waals surface area contributed by atoms with Crippen molar-refractivity contribution in [1.82, 2.24) is 5.32 Å². The number of amides is 1. The van der Waals surface area contributed by atoms with Crippen LogP contribution in [0, 0.1) is 13.8 Å². The summed E-state index contributed by atoms with van der Waals surface area (Å²) in [5, 5.41) is 3.06. The van der Waals surface area contributed by atoms with Gasteiger partial charge in [-0.05, 0) is 91.4 Å². The maximum atomic E-state index is 13.0. The lowest BCUT2D eigenvalue weighted by molar-refractivity contribution is 0.0939. The van der Waals surface area contributed by atoms with Crippen LogP contribution >= 0.6 is 0 Å². The van der Waals surface area contributed by atoms with Gasteiger partial charge in [0.05, 0.1) is 23.7 Å². The molecule has 1 atom stereocenters. The molecule has 1 unspecified atom stereocenters. The van der Waals surface area contributed by atoms with E-state index in [4.69, 9.17) is 4.74 Å². The van der Waals surface area contributed by atoms with Gasteiger partial charge in [0.15, 0.2) is 0 Å². The van der Waals surface area contributed by atoms with E-state index in [0.717, 1.165) is 22.4 Å². The van der Waals surface area contributed by atoms with Crippen LogP contribution in [0.15, 0.2) is 65.6 Å². The van der Waals surface area contributed by atoms with E-state index in [2.05, 4.69) is 30.0 Å². The van der Waals surface area contributed by atoms with E-state index in [1.54, 1.807) is 50.4 Å². The van der Waals surface area contributed by atoms with Gasteiger partial charge in [0.1, 0.15) is 5.75 Å². The average Bonchev–Trinajstić information content (AvgIpc) is 2.80. The Kier molecular flexibility index (Phi) is 7.67. The molecule has 0 radical (unpaired) electrons. The Morgan fingerprint density at radius 1 is 0.882 bits per heavy atom. The summed E-state index contributed by atoms with van der Waals surface area (Å²) in [7, 11) is -2.04. The Morgan fingerprint density at radius 3 is 2.15 bits per heavy atom. The lowest BCUT2D eigenvalue weighted by atomic mass is 9.93. The first-order valence-electron chi connectivity index (χ1n) is 11.2. The number of sulfonamides is 1. The van der Waals surface area contributed by atoms with Crippen molar-refractivity contribution in [3.05, 3.63) is 88.5 Å². The Labute approximate surface area is 202 Å². The van der Waals surface area contributed by atoms with Crippen molar-refractivity contribution in [1.29, 1.82) is 0 Å². The molecule has 0 fully saturated rings. The highest BCUT2D eigenvalue weighted by Crippen LogP contribution is 2.32. The van der Waals surface area contributed by atoms with Crippen molar-refractivity contribution >= 4 is 21.6 Å². The first kappa shape index (κ1) is 25.3. The minimum absolute atomic E-state index is 0.181. The largest absolute Gasteiger partial charge is 0.496 e. The SMILES string of the molecule is COc1cc(C)c(C(C)NC(=O)c2ccc(NS(=O)(=O)c3ccccc3)c(C)c2)cc1C(C)C. The molecule has 0 spiro atoms. The van der Waals surface area contributed by atoms with Crippen LogP contribution < -0.4 is 14.8 Å². The van der Waals surface area contributed by atoms with Gasteiger partial charge in [-0.2, -0.15) is 0 Å². The van der Waals surface area contributed by atoms with Crippen molar-refractivity contribution in [2.45, 2.75) is 51.5 Å². The van der Waals surface area contributed by atoms with Crippen LogP contribution in [0.25, 0.3) is 0 Å². The number of aryl methyl sites for hydroxylation is 2. The summed E-state index contributed by atoms with van der Waals surface area (Å²) in [5.41, 5.74) is 4.71. The van der Waals surface area contributed by atoms with Gasteiger partial charge in [-0.1, -0.05) is 32.0 Å². The molecule has 0 aliphatic carbocycles. The Balaban J connectivity index is 1.78. The van der Waals surface area contributed by atoms with Gasteiger partial charge in [-0.3, -0.25) is 9.52 Å². The van der Waals surface area contributed by atoms with E-state index in [1.807, 2.05) is 19.9 Å². The molecule has 180 valence electrons. The van der Waals surface area contributed by atoms with Crippen molar-refractivity contribution in [2.75, 3.05) is 11.8 Å². The number of nitrogens with one attached hydrogen (secondary N) is 2. The maximum Gasteiger partial charge on any atom is 0.261 e. The molecule has 34 heavy (non-hydrogen) atoms. The number of rotatable bonds is 8. The molecule has 0 saturated heterocycles. The van der Waals surface area contributed by atoms with Crippen LogP contribution in [-0.4, -0.2) is 21.4 Å². The molecule has 0 aliphatic heterocycles. The van der Waals surface area contributed by atoms with Crippen LogP contribution in [0.4, 0.5) is 5.69 Å². The van der Waals surface area contributed by atoms with E-state index in [9.17, 15) is 13.2 Å². The number of carbonyl (C=O) groups excluding carboxylic acids is 1. The van der Waals surface area contributed by atoms with Gasteiger partial charge >= 0.3 is 0 Å². The summed E-state index contributed by atoms with van der Waals surface area (Å²) in [6.07, 6.45) is 0. The number of ether oxygens (including phenoxy) is 1. The van der Waals surface area contributed by atoms with Gasteiger partial charge in [0.2, 0.25) is 0 Å². The molecule has 3 aromatic carbocycles. The second kappa shape index (κ2) is 10.3. The van der Waals surface area contributed by atoms with Crippen LogP contribution in [-0.2, 0) is 10.0 Å². The quantitative estimate of drug-likeness (QED) is 0.431. The number of hydrogen-bond donors (Lipinski definition) is 2. The first-order chi connectivity index (χ1) is 16.0. The summed E-state index contributed by atoms with van der Waals surface area (Å²) < 4.78 is 33.4. The predicted octanol–water partition coefficient (Wildman–Crippen LogP) is 5.73. The third kappa shape index (κ3) is 5.59. The van der Waals surface area contributed by atoms with Crippen molar-refractivity contribution in [2.24, 2.45) is 0 Å². The number of carbonyl (C=O) groups is 1. The topological polar surface area (TPSA) is 84.5 Å². The van der Waals surface area contributed by atoms with Gasteiger partial charge in [0, 0.05) is 5.56 Å². The normalized spacial score (nSPS) is 12.3. The Hall–Kier alpha value is -3.32. The van der Waals surface area contributed by atoms with Gasteiger partial charge in [-0.15, -0.1) is 0 Å². The summed E-state index contributed by atoms with van der Waals surface area (Å²) in [6.45, 7) is 9.94. The fourth-order valence-electron chi connectivity index (χ4n) is 3.89. The lowest BCUT2D eigenvalue weighted by Crippen LogP contribution is -2.27. The lowest BCUT2D eigenvalue weighted by Gasteiger charge is -2.21. The van der Waals surface area contributed by atoms with Crippen LogP contribution in [0.2, 0.25) is 0 Å². The van der Waals surface area contributed by atoms with Crippen molar-refractivity contribution in [3.8, 4) is 5.75 Å². The van der Waals surface area contributed by atoms with Crippen LogP contribution in [0.5, 0.6) is 5.75 Å². The number of hydrogen-bond acceptors (Lipinski definition) is 4. The summed E-state index contributed by atoms with van der Waals surface area (Å²) in [6, 6.07) is 17.0. The zero-order valence-electron chi connectivity index (χ0n) is 20.5. The summed E-state index contributed by atoms with van der Waals surface area (Å²) in [5.74, 6) is 0.903. The van der Waals surface area contributed by atoms with Gasteiger partial charge < -0.3 is 10.1 Å². The Bertz CT molecular complexity index is 1290. The smallest absolute Gasteiger partial charge is 0.261 e. The van der Waals surface area contributed by atoms with Crippen LogP contribution in [0.1, 0.15) is 65.3 Å². The summed E-state index contributed by atoms with van der Waals surface area (Å²) in [4.78, 5) is 13.2. The third-order valence-electron chi connectivity index (χ3n) is 5.84. The fraction of sp³-hybridized carbons (Fsp3) is 0.296. The minimum atomic E-state index is -3.71.